The summed E-state index contributed by atoms with van der Waals surface area (Å²) >= 11 is 0. The van der Waals surface area contributed by atoms with Crippen LogP contribution in [-0.2, 0) is 11.3 Å². The van der Waals surface area contributed by atoms with Gasteiger partial charge in [0.25, 0.3) is 0 Å². The van der Waals surface area contributed by atoms with Crippen LogP contribution >= 0.6 is 0 Å². The van der Waals surface area contributed by atoms with Crippen LogP contribution in [0.15, 0.2) is 71.1 Å². The van der Waals surface area contributed by atoms with Crippen LogP contribution < -0.4 is 4.74 Å². The van der Waals surface area contributed by atoms with Crippen molar-refractivity contribution in [2.45, 2.75) is 6.61 Å². The summed E-state index contributed by atoms with van der Waals surface area (Å²) in [5, 5.41) is 0. The van der Waals surface area contributed by atoms with E-state index in [-0.39, 0.29) is 17.9 Å². The van der Waals surface area contributed by atoms with Crippen molar-refractivity contribution in [3.8, 4) is 5.75 Å². The number of furan rings is 1. The molecule has 3 aromatic rings. The maximum atomic E-state index is 13.1. The van der Waals surface area contributed by atoms with Gasteiger partial charge >= 0.3 is 5.97 Å². The number of esters is 1. The monoisotopic (exact) mass is 354 g/mol. The quantitative estimate of drug-likeness (QED) is 0.473. The molecular formula is C20H15FO5. The van der Waals surface area contributed by atoms with Crippen molar-refractivity contribution in [2.75, 3.05) is 6.61 Å². The van der Waals surface area contributed by atoms with Crippen LogP contribution in [0.4, 0.5) is 4.39 Å². The molecule has 0 bridgehead atoms. The summed E-state index contributed by atoms with van der Waals surface area (Å²) in [4.78, 5) is 23.9. The number of ether oxygens (including phenoxy) is 2. The molecule has 0 fully saturated rings. The number of para-hydroxylation sites is 1. The summed E-state index contributed by atoms with van der Waals surface area (Å²) in [6, 6.07) is 17.4. The lowest BCUT2D eigenvalue weighted by Gasteiger charge is -2.04. The van der Waals surface area contributed by atoms with Crippen molar-refractivity contribution in [2.24, 2.45) is 0 Å². The average Bonchev–Trinajstić information content (AvgIpc) is 3.14. The van der Waals surface area contributed by atoms with Crippen LogP contribution in [0.2, 0.25) is 0 Å². The molecule has 0 saturated carbocycles. The van der Waals surface area contributed by atoms with E-state index < -0.39 is 24.2 Å². The van der Waals surface area contributed by atoms with E-state index in [1.807, 2.05) is 18.2 Å². The zero-order valence-corrected chi connectivity index (χ0v) is 13.7. The SMILES string of the molecule is O=C(COC(=O)c1ccc(COc2ccccc2)o1)c1cccc(F)c1. The molecule has 0 spiro atoms. The topological polar surface area (TPSA) is 65.7 Å². The lowest BCUT2D eigenvalue weighted by Crippen LogP contribution is -2.14. The molecule has 0 unspecified atom stereocenters. The Morgan fingerprint density at radius 3 is 2.54 bits per heavy atom. The largest absolute Gasteiger partial charge is 0.486 e. The predicted molar refractivity (Wildman–Crippen MR) is 90.5 cm³/mol. The van der Waals surface area contributed by atoms with Gasteiger partial charge in [0.2, 0.25) is 5.76 Å². The van der Waals surface area contributed by atoms with Crippen LogP contribution in [0.25, 0.3) is 0 Å². The fourth-order valence-corrected chi connectivity index (χ4v) is 2.18. The Kier molecular flexibility index (Phi) is 5.43. The third-order valence-electron chi connectivity index (χ3n) is 3.47. The second kappa shape index (κ2) is 8.11. The molecule has 5 nitrogen and oxygen atoms in total. The minimum absolute atomic E-state index is 0.0382. The highest BCUT2D eigenvalue weighted by molar-refractivity contribution is 5.98. The molecule has 132 valence electrons. The first-order valence-corrected chi connectivity index (χ1v) is 7.84. The number of ketones is 1. The van der Waals surface area contributed by atoms with Gasteiger partial charge in [0.15, 0.2) is 12.4 Å². The van der Waals surface area contributed by atoms with Gasteiger partial charge in [0.1, 0.15) is 23.9 Å². The summed E-state index contributed by atoms with van der Waals surface area (Å²) < 4.78 is 28.9. The Labute approximate surface area is 149 Å². The number of rotatable bonds is 7. The summed E-state index contributed by atoms with van der Waals surface area (Å²) in [6.07, 6.45) is 0. The number of carbonyl (C=O) groups excluding carboxylic acids is 2. The molecule has 3 rings (SSSR count). The summed E-state index contributed by atoms with van der Waals surface area (Å²) in [6.45, 7) is -0.349. The van der Waals surface area contributed by atoms with E-state index >= 15 is 0 Å². The Hall–Kier alpha value is -3.41. The second-order valence-electron chi connectivity index (χ2n) is 5.38. The van der Waals surface area contributed by atoms with E-state index in [4.69, 9.17) is 13.9 Å². The van der Waals surface area contributed by atoms with E-state index in [2.05, 4.69) is 0 Å². The Morgan fingerprint density at radius 1 is 0.962 bits per heavy atom. The Bertz CT molecular complexity index is 901. The highest BCUT2D eigenvalue weighted by Crippen LogP contribution is 2.15. The molecule has 1 heterocycles. The zero-order chi connectivity index (χ0) is 18.4. The van der Waals surface area contributed by atoms with Crippen molar-refractivity contribution in [1.29, 1.82) is 0 Å². The fraction of sp³-hybridized carbons (Fsp3) is 0.100. The minimum Gasteiger partial charge on any atom is -0.486 e. The maximum absolute atomic E-state index is 13.1. The molecule has 0 amide bonds. The van der Waals surface area contributed by atoms with E-state index in [1.54, 1.807) is 18.2 Å². The van der Waals surface area contributed by atoms with Gasteiger partial charge < -0.3 is 13.9 Å². The van der Waals surface area contributed by atoms with Crippen LogP contribution in [-0.4, -0.2) is 18.4 Å². The maximum Gasteiger partial charge on any atom is 0.374 e. The van der Waals surface area contributed by atoms with Crippen molar-refractivity contribution in [3.05, 3.63) is 89.6 Å². The normalized spacial score (nSPS) is 10.3. The average molecular weight is 354 g/mol. The van der Waals surface area contributed by atoms with Gasteiger partial charge in [-0.25, -0.2) is 9.18 Å². The van der Waals surface area contributed by atoms with Gasteiger partial charge in [-0.3, -0.25) is 4.79 Å². The predicted octanol–water partition coefficient (Wildman–Crippen LogP) is 4.04. The minimum atomic E-state index is -0.777. The van der Waals surface area contributed by atoms with Crippen molar-refractivity contribution >= 4 is 11.8 Å². The molecule has 0 N–H and O–H groups in total. The number of Topliss-reactive ketones (excluding diaryl/α,β-unsaturated/α-hetero) is 1. The van der Waals surface area contributed by atoms with Crippen LogP contribution in [0.5, 0.6) is 5.75 Å². The Balaban J connectivity index is 1.52. The first kappa shape index (κ1) is 17.4. The number of carbonyl (C=O) groups is 2. The lowest BCUT2D eigenvalue weighted by molar-refractivity contribution is 0.0440. The van der Waals surface area contributed by atoms with E-state index in [9.17, 15) is 14.0 Å². The van der Waals surface area contributed by atoms with Crippen LogP contribution in [0.3, 0.4) is 0 Å². The summed E-state index contributed by atoms with van der Waals surface area (Å²) in [7, 11) is 0. The zero-order valence-electron chi connectivity index (χ0n) is 13.7. The number of hydrogen-bond donors (Lipinski definition) is 0. The third-order valence-corrected chi connectivity index (χ3v) is 3.47. The first-order valence-electron chi connectivity index (χ1n) is 7.84. The highest BCUT2D eigenvalue weighted by atomic mass is 19.1. The molecule has 0 aliphatic carbocycles. The number of benzene rings is 2. The highest BCUT2D eigenvalue weighted by Gasteiger charge is 2.16. The standard InChI is InChI=1S/C20H15FO5/c21-15-6-4-5-14(11-15)18(22)13-25-20(23)19-10-9-17(26-19)12-24-16-7-2-1-3-8-16/h1-11H,12-13H2. The molecule has 0 saturated heterocycles. The summed E-state index contributed by atoms with van der Waals surface area (Å²) in [5.41, 5.74) is 0.134. The number of hydrogen-bond acceptors (Lipinski definition) is 5. The van der Waals surface area contributed by atoms with E-state index in [0.29, 0.717) is 11.5 Å². The van der Waals surface area contributed by atoms with Crippen molar-refractivity contribution < 1.29 is 27.9 Å². The third kappa shape index (κ3) is 4.57. The van der Waals surface area contributed by atoms with Crippen molar-refractivity contribution in [3.63, 3.8) is 0 Å². The fourth-order valence-electron chi connectivity index (χ4n) is 2.18. The lowest BCUT2D eigenvalue weighted by atomic mass is 10.1. The van der Waals surface area contributed by atoms with Crippen LogP contribution in [0, 0.1) is 5.82 Å². The molecule has 0 atom stereocenters. The van der Waals surface area contributed by atoms with Gasteiger partial charge in [-0.05, 0) is 36.4 Å². The molecule has 0 radical (unpaired) electrons. The van der Waals surface area contributed by atoms with E-state index in [1.165, 1.54) is 24.3 Å². The van der Waals surface area contributed by atoms with Gasteiger partial charge in [-0.15, -0.1) is 0 Å². The molecule has 0 aliphatic rings. The Morgan fingerprint density at radius 2 is 1.77 bits per heavy atom. The van der Waals surface area contributed by atoms with Crippen molar-refractivity contribution in [1.82, 2.24) is 0 Å². The molecule has 1 aromatic heterocycles. The van der Waals surface area contributed by atoms with Gasteiger partial charge in [0.05, 0.1) is 0 Å². The van der Waals surface area contributed by atoms with Crippen LogP contribution in [0.1, 0.15) is 26.7 Å². The molecule has 26 heavy (non-hydrogen) atoms. The van der Waals surface area contributed by atoms with Gasteiger partial charge in [0, 0.05) is 5.56 Å². The summed E-state index contributed by atoms with van der Waals surface area (Å²) in [5.74, 6) is -0.733. The molecule has 6 heteroatoms. The molecule has 2 aromatic carbocycles. The van der Waals surface area contributed by atoms with Gasteiger partial charge in [-0.1, -0.05) is 30.3 Å². The second-order valence-corrected chi connectivity index (χ2v) is 5.38. The smallest absolute Gasteiger partial charge is 0.374 e. The molecular weight excluding hydrogens is 339 g/mol. The van der Waals surface area contributed by atoms with E-state index in [0.717, 1.165) is 6.07 Å². The number of halogens is 1. The van der Waals surface area contributed by atoms with Gasteiger partial charge in [-0.2, -0.15) is 0 Å². The molecule has 0 aliphatic heterocycles. The first-order chi connectivity index (χ1) is 12.6.